The summed E-state index contributed by atoms with van der Waals surface area (Å²) in [5.74, 6) is -2.00. The highest BCUT2D eigenvalue weighted by Crippen LogP contribution is 2.40. The van der Waals surface area contributed by atoms with Crippen LogP contribution < -0.4 is 4.74 Å². The molecule has 0 saturated heterocycles. The van der Waals surface area contributed by atoms with Gasteiger partial charge in [0.05, 0.1) is 25.7 Å². The molecule has 0 amide bonds. The number of aromatic hydroxyl groups is 2. The fraction of sp³-hybridized carbons (Fsp3) is 0.385. The van der Waals surface area contributed by atoms with Gasteiger partial charge in [0.15, 0.2) is 17.3 Å². The van der Waals surface area contributed by atoms with Gasteiger partial charge < -0.3 is 19.7 Å². The highest BCUT2D eigenvalue weighted by molar-refractivity contribution is 6.00. The number of ketones is 1. The molecule has 6 nitrogen and oxygen atoms in total. The van der Waals surface area contributed by atoms with E-state index in [4.69, 9.17) is 9.47 Å². The summed E-state index contributed by atoms with van der Waals surface area (Å²) in [7, 11) is 1.25. The normalized spacial score (nSPS) is 10.1. The van der Waals surface area contributed by atoms with Crippen molar-refractivity contribution in [2.75, 3.05) is 13.7 Å². The Kier molecular flexibility index (Phi) is 4.74. The number of esters is 1. The lowest BCUT2D eigenvalue weighted by Gasteiger charge is -2.13. The molecule has 0 bridgehead atoms. The number of carbonyl (C=O) groups is 2. The third-order valence-corrected chi connectivity index (χ3v) is 2.51. The summed E-state index contributed by atoms with van der Waals surface area (Å²) in [6, 6.07) is 1.21. The summed E-state index contributed by atoms with van der Waals surface area (Å²) in [6.07, 6.45) is -0.214. The van der Waals surface area contributed by atoms with E-state index in [0.717, 1.165) is 0 Å². The molecule has 0 aromatic heterocycles. The highest BCUT2D eigenvalue weighted by atomic mass is 16.5. The molecule has 0 unspecified atom stereocenters. The molecule has 1 rings (SSSR count). The van der Waals surface area contributed by atoms with Crippen LogP contribution in [0.2, 0.25) is 0 Å². The predicted octanol–water partition coefficient (Wildman–Crippen LogP) is 1.41. The zero-order valence-corrected chi connectivity index (χ0v) is 11.0. The molecule has 19 heavy (non-hydrogen) atoms. The lowest BCUT2D eigenvalue weighted by molar-refractivity contribution is -0.142. The average Bonchev–Trinajstić information content (AvgIpc) is 2.28. The van der Waals surface area contributed by atoms with E-state index < -0.39 is 17.5 Å². The first kappa shape index (κ1) is 14.8. The van der Waals surface area contributed by atoms with Gasteiger partial charge in [0.1, 0.15) is 0 Å². The fourth-order valence-corrected chi connectivity index (χ4v) is 1.79. The minimum Gasteiger partial charge on any atom is -0.504 e. The van der Waals surface area contributed by atoms with E-state index in [-0.39, 0.29) is 35.7 Å². The number of hydrogen-bond acceptors (Lipinski definition) is 6. The number of hydrogen-bond donors (Lipinski definition) is 2. The van der Waals surface area contributed by atoms with Crippen molar-refractivity contribution < 1.29 is 29.3 Å². The van der Waals surface area contributed by atoms with Gasteiger partial charge in [-0.3, -0.25) is 9.59 Å². The summed E-state index contributed by atoms with van der Waals surface area (Å²) >= 11 is 0. The Bertz CT molecular complexity index is 506. The van der Waals surface area contributed by atoms with E-state index >= 15 is 0 Å². The zero-order chi connectivity index (χ0) is 14.6. The lowest BCUT2D eigenvalue weighted by Crippen LogP contribution is -2.11. The predicted molar refractivity (Wildman–Crippen MR) is 66.7 cm³/mol. The number of benzene rings is 1. The van der Waals surface area contributed by atoms with E-state index in [1.54, 1.807) is 6.92 Å². The van der Waals surface area contributed by atoms with Gasteiger partial charge in [0, 0.05) is 0 Å². The van der Waals surface area contributed by atoms with Crippen molar-refractivity contribution in [2.45, 2.75) is 20.3 Å². The van der Waals surface area contributed by atoms with Crippen LogP contribution in [-0.4, -0.2) is 35.7 Å². The molecule has 0 radical (unpaired) electrons. The minimum atomic E-state index is -0.547. The molecule has 0 heterocycles. The van der Waals surface area contributed by atoms with Crippen LogP contribution in [0.4, 0.5) is 0 Å². The Morgan fingerprint density at radius 3 is 2.42 bits per heavy atom. The molecule has 6 heteroatoms. The van der Waals surface area contributed by atoms with Gasteiger partial charge in [-0.15, -0.1) is 0 Å². The lowest BCUT2D eigenvalue weighted by atomic mass is 9.99. The molecule has 0 atom stereocenters. The van der Waals surface area contributed by atoms with E-state index in [2.05, 4.69) is 0 Å². The highest BCUT2D eigenvalue weighted by Gasteiger charge is 2.22. The first-order valence-corrected chi connectivity index (χ1v) is 5.70. The molecule has 0 aliphatic carbocycles. The zero-order valence-electron chi connectivity index (χ0n) is 11.0. The molecule has 0 fully saturated rings. The van der Waals surface area contributed by atoms with Crippen molar-refractivity contribution in [3.05, 3.63) is 17.2 Å². The van der Waals surface area contributed by atoms with Crippen LogP contribution in [-0.2, 0) is 16.0 Å². The maximum absolute atomic E-state index is 11.6. The molecule has 2 N–H and O–H groups in total. The number of Topliss-reactive ketones (excluding diaryl/α,β-unsaturated/α-hetero) is 1. The van der Waals surface area contributed by atoms with Gasteiger partial charge in [-0.2, -0.15) is 0 Å². The Hall–Kier alpha value is -2.24. The van der Waals surface area contributed by atoms with Crippen molar-refractivity contribution in [3.8, 4) is 17.2 Å². The van der Waals surface area contributed by atoms with Crippen LogP contribution in [0.25, 0.3) is 0 Å². The van der Waals surface area contributed by atoms with Gasteiger partial charge in [-0.25, -0.2) is 0 Å². The largest absolute Gasteiger partial charge is 0.504 e. The second-order valence-electron chi connectivity index (χ2n) is 3.85. The molecular weight excluding hydrogens is 252 g/mol. The van der Waals surface area contributed by atoms with Crippen LogP contribution in [0, 0.1) is 0 Å². The monoisotopic (exact) mass is 268 g/mol. The van der Waals surface area contributed by atoms with Gasteiger partial charge >= 0.3 is 5.97 Å². The molecule has 1 aromatic rings. The second kappa shape index (κ2) is 6.08. The Labute approximate surface area is 110 Å². The number of ether oxygens (including phenoxy) is 2. The van der Waals surface area contributed by atoms with Crippen molar-refractivity contribution in [3.63, 3.8) is 0 Å². The summed E-state index contributed by atoms with van der Waals surface area (Å²) < 4.78 is 9.58. The number of phenolic OH excluding ortho intramolecular Hbond substituents is 2. The standard InChI is InChI=1S/C13H16O6/c1-4-19-10(16)6-8-5-9(15)13(18-3)12(17)11(8)7(2)14/h5,15,17H,4,6H2,1-3H3. The van der Waals surface area contributed by atoms with E-state index in [1.807, 2.05) is 0 Å². The molecule has 1 aromatic carbocycles. The Morgan fingerprint density at radius 2 is 1.95 bits per heavy atom. The third-order valence-electron chi connectivity index (χ3n) is 2.51. The summed E-state index contributed by atoms with van der Waals surface area (Å²) in [5, 5.41) is 19.6. The molecule has 104 valence electrons. The van der Waals surface area contributed by atoms with Crippen LogP contribution in [0.3, 0.4) is 0 Å². The quantitative estimate of drug-likeness (QED) is 0.619. The van der Waals surface area contributed by atoms with Crippen LogP contribution >= 0.6 is 0 Å². The van der Waals surface area contributed by atoms with Gasteiger partial charge in [-0.1, -0.05) is 0 Å². The fourth-order valence-electron chi connectivity index (χ4n) is 1.79. The topological polar surface area (TPSA) is 93.1 Å². The molecule has 0 spiro atoms. The molecule has 0 aliphatic heterocycles. The summed E-state index contributed by atoms with van der Waals surface area (Å²) in [4.78, 5) is 23.0. The van der Waals surface area contributed by atoms with Crippen molar-refractivity contribution in [1.29, 1.82) is 0 Å². The van der Waals surface area contributed by atoms with Gasteiger partial charge in [0.25, 0.3) is 0 Å². The molecule has 0 aliphatic rings. The number of methoxy groups -OCH3 is 1. The minimum absolute atomic E-state index is 0.0531. The third kappa shape index (κ3) is 3.15. The number of phenols is 2. The Morgan fingerprint density at radius 1 is 1.32 bits per heavy atom. The van der Waals surface area contributed by atoms with Gasteiger partial charge in [0.2, 0.25) is 5.75 Å². The van der Waals surface area contributed by atoms with Crippen molar-refractivity contribution >= 4 is 11.8 Å². The second-order valence-corrected chi connectivity index (χ2v) is 3.85. The molecular formula is C13H16O6. The average molecular weight is 268 g/mol. The SMILES string of the molecule is CCOC(=O)Cc1cc(O)c(OC)c(O)c1C(C)=O. The first-order valence-electron chi connectivity index (χ1n) is 5.70. The van der Waals surface area contributed by atoms with Crippen LogP contribution in [0.1, 0.15) is 29.8 Å². The maximum Gasteiger partial charge on any atom is 0.310 e. The van der Waals surface area contributed by atoms with E-state index in [9.17, 15) is 19.8 Å². The smallest absolute Gasteiger partial charge is 0.310 e. The van der Waals surface area contributed by atoms with Crippen molar-refractivity contribution in [2.24, 2.45) is 0 Å². The Balaban J connectivity index is 3.31. The maximum atomic E-state index is 11.6. The first-order chi connectivity index (χ1) is 8.92. The van der Waals surface area contributed by atoms with Gasteiger partial charge in [-0.05, 0) is 25.5 Å². The number of carbonyl (C=O) groups excluding carboxylic acids is 2. The van der Waals surface area contributed by atoms with Crippen LogP contribution in [0.5, 0.6) is 17.2 Å². The van der Waals surface area contributed by atoms with E-state index in [0.29, 0.717) is 0 Å². The summed E-state index contributed by atoms with van der Waals surface area (Å²) in [6.45, 7) is 3.12. The van der Waals surface area contributed by atoms with E-state index in [1.165, 1.54) is 20.1 Å². The molecule has 0 saturated carbocycles. The number of rotatable bonds is 5. The van der Waals surface area contributed by atoms with Crippen molar-refractivity contribution in [1.82, 2.24) is 0 Å². The summed E-state index contributed by atoms with van der Waals surface area (Å²) in [5.41, 5.74) is 0.143. The van der Waals surface area contributed by atoms with Crippen LogP contribution in [0.15, 0.2) is 6.07 Å².